The van der Waals surface area contributed by atoms with E-state index in [0.717, 1.165) is 6.66 Å². The summed E-state index contributed by atoms with van der Waals surface area (Å²) in [6.07, 6.45) is -2.00. The Morgan fingerprint density at radius 3 is 2.67 bits per heavy atom. The molecule has 3 N–H and O–H groups in total. The Morgan fingerprint density at radius 1 is 1.31 bits per heavy atom. The molecule has 1 fully saturated rings. The third-order valence-corrected chi connectivity index (χ3v) is 9.84. The van der Waals surface area contributed by atoms with E-state index in [2.05, 4.69) is 18.6 Å². The number of nitrogens with zero attached hydrogens (tertiary/aromatic N) is 3. The molecule has 0 aromatic carbocycles. The fourth-order valence-electron chi connectivity index (χ4n) is 2.80. The summed E-state index contributed by atoms with van der Waals surface area (Å²) < 4.78 is 65.9. The molecule has 22 heteroatoms. The fraction of sp³-hybridized carbons (Fsp3) is 0.857. The molecule has 0 aromatic rings. The van der Waals surface area contributed by atoms with Gasteiger partial charge in [0.05, 0.1) is 24.9 Å². The molecule has 205 valence electrons. The molecule has 16 nitrogen and oxygen atoms in total. The molecule has 1 radical (unpaired) electrons. The summed E-state index contributed by atoms with van der Waals surface area (Å²) in [5, 5.41) is 3.23. The molecule has 5 atom stereocenters. The highest BCUT2D eigenvalue weighted by atomic mass is 33.1. The van der Waals surface area contributed by atoms with E-state index >= 15 is 0 Å². The van der Waals surface area contributed by atoms with E-state index in [1.165, 1.54) is 21.6 Å². The Morgan fingerprint density at radius 2 is 2.03 bits per heavy atom. The van der Waals surface area contributed by atoms with Gasteiger partial charge in [-0.2, -0.15) is 4.31 Å². The molecule has 0 saturated carbocycles. The highest BCUT2D eigenvalue weighted by Gasteiger charge is 2.42. The maximum absolute atomic E-state index is 12.4. The van der Waals surface area contributed by atoms with Crippen LogP contribution in [0.25, 0.3) is 10.4 Å². The number of azide groups is 1. The van der Waals surface area contributed by atoms with E-state index in [1.54, 1.807) is 7.28 Å². The first-order valence-corrected chi connectivity index (χ1v) is 17.4. The number of esters is 1. The van der Waals surface area contributed by atoms with Gasteiger partial charge in [-0.15, -0.1) is 0 Å². The number of rotatable bonds is 18. The van der Waals surface area contributed by atoms with E-state index in [1.807, 2.05) is 0 Å². The van der Waals surface area contributed by atoms with Crippen LogP contribution >= 0.6 is 44.8 Å². The van der Waals surface area contributed by atoms with Crippen LogP contribution in [0.3, 0.4) is 0 Å². The molecule has 1 aliphatic rings. The minimum Gasteiger partial charge on any atom is -0.459 e. The number of carbonyl (C=O) groups excluding carboxylic acids is 2. The molecular weight excluding hydrogens is 586 g/mol. The summed E-state index contributed by atoms with van der Waals surface area (Å²) in [7, 11) is -11.2. The molecule has 1 saturated heterocycles. The lowest BCUT2D eigenvalue weighted by atomic mass is 9.67. The van der Waals surface area contributed by atoms with Crippen molar-refractivity contribution >= 4 is 63.9 Å². The van der Waals surface area contributed by atoms with Crippen molar-refractivity contribution in [1.29, 1.82) is 0 Å². The average Bonchev–Trinajstić information content (AvgIpc) is 3.11. The molecule has 1 aliphatic heterocycles. The summed E-state index contributed by atoms with van der Waals surface area (Å²) in [6.45, 7) is 0.0281. The van der Waals surface area contributed by atoms with Crippen LogP contribution in [-0.4, -0.2) is 83.8 Å². The van der Waals surface area contributed by atoms with Gasteiger partial charge in [0.25, 0.3) is 0 Å². The molecule has 0 aliphatic carbocycles. The van der Waals surface area contributed by atoms with Crippen molar-refractivity contribution in [2.45, 2.75) is 43.8 Å². The number of hydrogen-bond acceptors (Lipinski definition) is 13. The minimum atomic E-state index is -5.46. The highest BCUT2D eigenvalue weighted by Crippen LogP contribution is 2.66. The average molecular weight is 613 g/mol. The lowest BCUT2D eigenvalue weighted by molar-refractivity contribution is -0.152. The van der Waals surface area contributed by atoms with Gasteiger partial charge in [-0.05, 0) is 18.1 Å². The predicted molar refractivity (Wildman–Crippen MR) is 132 cm³/mol. The lowest BCUT2D eigenvalue weighted by Crippen LogP contribution is -2.31. The van der Waals surface area contributed by atoms with Gasteiger partial charge in [0.15, 0.2) is 0 Å². The van der Waals surface area contributed by atoms with Gasteiger partial charge in [0.2, 0.25) is 0 Å². The molecule has 2 unspecified atom stereocenters. The first-order valence-electron chi connectivity index (χ1n) is 10.6. The smallest absolute Gasteiger partial charge is 0.459 e. The van der Waals surface area contributed by atoms with Crippen molar-refractivity contribution in [1.82, 2.24) is 0 Å². The van der Waals surface area contributed by atoms with E-state index in [4.69, 9.17) is 30.7 Å². The van der Waals surface area contributed by atoms with E-state index < -0.39 is 54.1 Å². The molecule has 1 rings (SSSR count). The van der Waals surface area contributed by atoms with Gasteiger partial charge in [-0.3, -0.25) is 14.2 Å². The topological polar surface area (TPSA) is 241 Å². The Balaban J connectivity index is 2.73. The third kappa shape index (κ3) is 15.1. The summed E-state index contributed by atoms with van der Waals surface area (Å²) in [4.78, 5) is 53.2. The fourth-order valence-corrected chi connectivity index (χ4v) is 7.35. The number of ether oxygens (including phenoxy) is 2. The van der Waals surface area contributed by atoms with Gasteiger partial charge < -0.3 is 28.7 Å². The van der Waals surface area contributed by atoms with Crippen LogP contribution < -0.4 is 0 Å². The molecule has 1 heterocycles. The number of Topliss-reactive ketones (excluding diaryl/α,β-unsaturated/α-hetero) is 1. The van der Waals surface area contributed by atoms with Crippen LogP contribution in [0.15, 0.2) is 5.11 Å². The van der Waals surface area contributed by atoms with Gasteiger partial charge in [0, 0.05) is 25.9 Å². The first-order chi connectivity index (χ1) is 17.2. The largest absolute Gasteiger partial charge is 0.488 e. The first kappa shape index (κ1) is 31.8. The number of hydrogen-bond donors (Lipinski definition) is 3. The molecule has 0 spiro atoms. The maximum Gasteiger partial charge on any atom is 0.488 e. The van der Waals surface area contributed by atoms with Crippen LogP contribution in [0.5, 0.6) is 0 Å². The predicted octanol–water partition coefficient (Wildman–Crippen LogP) is 2.94. The molecule has 36 heavy (non-hydrogen) atoms. The lowest BCUT2D eigenvalue weighted by Gasteiger charge is -2.22. The Hall–Kier alpha value is -0.375. The number of ketones is 1. The minimum absolute atomic E-state index is 0.0557. The third-order valence-electron chi connectivity index (χ3n) is 4.08. The SMILES string of the molecule is [2H]CSSCC(=O)C[B]C[C@H]1C[C@@H](OC(=O)CCN=[N+]=[N-])[C@@H](COP(C)(=O)OP(=O)(O)OP(=O)(O)O)O1. The Kier molecular flexibility index (Phi) is 14.1. The second kappa shape index (κ2) is 15.9. The summed E-state index contributed by atoms with van der Waals surface area (Å²) in [6, 6.07) is 0. The quantitative estimate of drug-likeness (QED) is 0.0294. The van der Waals surface area contributed by atoms with Crippen molar-refractivity contribution in [3.8, 4) is 0 Å². The maximum atomic E-state index is 12.4. The van der Waals surface area contributed by atoms with Gasteiger partial charge >= 0.3 is 29.2 Å². The summed E-state index contributed by atoms with van der Waals surface area (Å²) in [5.41, 5.74) is 8.31. The van der Waals surface area contributed by atoms with Crippen LogP contribution in [-0.2, 0) is 45.9 Å². The van der Waals surface area contributed by atoms with E-state index in [9.17, 15) is 28.2 Å². The molecule has 0 aromatic heterocycles. The zero-order chi connectivity index (χ0) is 28.1. The van der Waals surface area contributed by atoms with Gasteiger partial charge in [0.1, 0.15) is 25.3 Å². The second-order valence-corrected chi connectivity index (χ2v) is 14.3. The zero-order valence-electron chi connectivity index (χ0n) is 19.9. The molecular formula is C14H26BN3O13P3S2. The van der Waals surface area contributed by atoms with Crippen molar-refractivity contribution in [3.05, 3.63) is 10.4 Å². The Bertz CT molecular complexity index is 972. The van der Waals surface area contributed by atoms with Crippen molar-refractivity contribution in [2.75, 3.05) is 31.8 Å². The standard InChI is InChI=1S/C14H26BN3O13P3S2/c1-32(21,30-34(25,26)31-33(22,23)24)27-8-13-12(29-14(20)3-4-17-18-16)5-11(28-13)7-15-6-10(19)9-36-35-2/h11-13H,3-9H2,1-2H3,(H,25,26)(H2,22,23,24)/t11-,12-,13-,32?/m1/s1/i2D. The van der Waals surface area contributed by atoms with Crippen LogP contribution in [0.2, 0.25) is 12.6 Å². The van der Waals surface area contributed by atoms with Gasteiger partial charge in [-0.25, -0.2) is 13.4 Å². The van der Waals surface area contributed by atoms with Crippen molar-refractivity contribution < 1.29 is 62.0 Å². The van der Waals surface area contributed by atoms with Crippen LogP contribution in [0.1, 0.15) is 14.2 Å². The van der Waals surface area contributed by atoms with Gasteiger partial charge in [-0.1, -0.05) is 33.0 Å². The van der Waals surface area contributed by atoms with E-state index in [-0.39, 0.29) is 49.8 Å². The normalized spacial score (nSPS) is 23.6. The van der Waals surface area contributed by atoms with E-state index in [0.29, 0.717) is 0 Å². The van der Waals surface area contributed by atoms with Crippen LogP contribution in [0, 0.1) is 0 Å². The van der Waals surface area contributed by atoms with Crippen LogP contribution in [0.4, 0.5) is 0 Å². The zero-order valence-corrected chi connectivity index (χ0v) is 23.2. The highest BCUT2D eigenvalue weighted by molar-refractivity contribution is 8.76. The summed E-state index contributed by atoms with van der Waals surface area (Å²) >= 11 is 0. The van der Waals surface area contributed by atoms with Crippen molar-refractivity contribution in [3.63, 3.8) is 0 Å². The number of carbonyl (C=O) groups is 2. The Labute approximate surface area is 216 Å². The second-order valence-electron chi connectivity index (χ2n) is 7.10. The molecule has 0 bridgehead atoms. The summed E-state index contributed by atoms with van der Waals surface area (Å²) in [5.74, 6) is -0.542. The molecule has 0 amide bonds. The van der Waals surface area contributed by atoms with Crippen molar-refractivity contribution in [2.24, 2.45) is 5.11 Å². The monoisotopic (exact) mass is 613 g/mol. The number of phosphoric acid groups is 2.